The molecule has 0 fully saturated rings. The standard InChI is InChI=1S/C14H16ClF3N2O/c1-21-10-4-5-12-11(8-10)19-13(9-15)20(12)7-3-2-6-14(16,17)18/h4-5,8H,2-3,6-7,9H2,1H3. The van der Waals surface area contributed by atoms with E-state index in [-0.39, 0.29) is 12.3 Å². The van der Waals surface area contributed by atoms with Crippen molar-refractivity contribution in [3.63, 3.8) is 0 Å². The molecule has 0 saturated heterocycles. The van der Waals surface area contributed by atoms with Crippen LogP contribution < -0.4 is 4.74 Å². The van der Waals surface area contributed by atoms with E-state index in [4.69, 9.17) is 16.3 Å². The molecule has 1 aromatic carbocycles. The lowest BCUT2D eigenvalue weighted by molar-refractivity contribution is -0.135. The number of rotatable bonds is 6. The van der Waals surface area contributed by atoms with E-state index in [1.54, 1.807) is 19.2 Å². The van der Waals surface area contributed by atoms with Crippen LogP contribution in [0.4, 0.5) is 13.2 Å². The Morgan fingerprint density at radius 2 is 2.05 bits per heavy atom. The predicted octanol–water partition coefficient (Wildman–Crippen LogP) is 4.52. The van der Waals surface area contributed by atoms with Crippen molar-refractivity contribution >= 4 is 22.6 Å². The van der Waals surface area contributed by atoms with Gasteiger partial charge >= 0.3 is 6.18 Å². The first-order valence-electron chi connectivity index (χ1n) is 6.60. The second kappa shape index (κ2) is 6.56. The van der Waals surface area contributed by atoms with Crippen LogP contribution in [0.2, 0.25) is 0 Å². The Morgan fingerprint density at radius 1 is 1.29 bits per heavy atom. The average molecular weight is 321 g/mol. The van der Waals surface area contributed by atoms with Crippen molar-refractivity contribution in [2.45, 2.75) is 37.9 Å². The third-order valence-electron chi connectivity index (χ3n) is 3.25. The van der Waals surface area contributed by atoms with Crippen molar-refractivity contribution in [2.75, 3.05) is 7.11 Å². The summed E-state index contributed by atoms with van der Waals surface area (Å²) in [6.07, 6.45) is -4.33. The summed E-state index contributed by atoms with van der Waals surface area (Å²) in [4.78, 5) is 4.40. The molecule has 0 unspecified atom stereocenters. The van der Waals surface area contributed by atoms with E-state index in [0.717, 1.165) is 11.0 Å². The van der Waals surface area contributed by atoms with Gasteiger partial charge in [-0.25, -0.2) is 4.98 Å². The molecule has 0 aliphatic heterocycles. The summed E-state index contributed by atoms with van der Waals surface area (Å²) in [5, 5.41) is 0. The maximum Gasteiger partial charge on any atom is 0.389 e. The van der Waals surface area contributed by atoms with Gasteiger partial charge in [0.25, 0.3) is 0 Å². The first-order chi connectivity index (χ1) is 9.94. The van der Waals surface area contributed by atoms with Crippen molar-refractivity contribution in [3.05, 3.63) is 24.0 Å². The van der Waals surface area contributed by atoms with E-state index in [1.807, 2.05) is 10.6 Å². The lowest BCUT2D eigenvalue weighted by Crippen LogP contribution is -2.08. The van der Waals surface area contributed by atoms with Gasteiger partial charge in [0.05, 0.1) is 24.0 Å². The molecule has 0 amide bonds. The number of aryl methyl sites for hydroxylation is 1. The number of unbranched alkanes of at least 4 members (excludes halogenated alkanes) is 1. The zero-order valence-corrected chi connectivity index (χ0v) is 12.3. The van der Waals surface area contributed by atoms with Gasteiger partial charge in [0, 0.05) is 19.0 Å². The molecule has 0 N–H and O–H groups in total. The van der Waals surface area contributed by atoms with Crippen molar-refractivity contribution < 1.29 is 17.9 Å². The minimum absolute atomic E-state index is 0.0983. The Bertz CT molecular complexity index is 610. The molecule has 1 aromatic heterocycles. The molecule has 7 heteroatoms. The number of imidazole rings is 1. The molecule has 0 aliphatic carbocycles. The molecule has 0 aliphatic rings. The molecule has 1 heterocycles. The van der Waals surface area contributed by atoms with Crippen molar-refractivity contribution in [1.82, 2.24) is 9.55 Å². The maximum absolute atomic E-state index is 12.1. The van der Waals surface area contributed by atoms with Gasteiger partial charge in [-0.1, -0.05) is 0 Å². The van der Waals surface area contributed by atoms with Gasteiger partial charge in [-0.3, -0.25) is 0 Å². The van der Waals surface area contributed by atoms with Crippen LogP contribution >= 0.6 is 11.6 Å². The first-order valence-corrected chi connectivity index (χ1v) is 7.14. The van der Waals surface area contributed by atoms with Crippen LogP contribution in [0.25, 0.3) is 11.0 Å². The van der Waals surface area contributed by atoms with Gasteiger partial charge in [-0.05, 0) is 25.0 Å². The van der Waals surface area contributed by atoms with Gasteiger partial charge in [0.2, 0.25) is 0 Å². The quantitative estimate of drug-likeness (QED) is 0.578. The predicted molar refractivity (Wildman–Crippen MR) is 75.7 cm³/mol. The van der Waals surface area contributed by atoms with Gasteiger partial charge in [-0.2, -0.15) is 13.2 Å². The van der Waals surface area contributed by atoms with Gasteiger partial charge < -0.3 is 9.30 Å². The molecule has 2 aromatic rings. The summed E-state index contributed by atoms with van der Waals surface area (Å²) in [5.74, 6) is 1.56. The van der Waals surface area contributed by atoms with Crippen molar-refractivity contribution in [1.29, 1.82) is 0 Å². The van der Waals surface area contributed by atoms with Crippen LogP contribution in [0.1, 0.15) is 25.1 Å². The molecular weight excluding hydrogens is 305 g/mol. The molecule has 0 atom stereocenters. The number of alkyl halides is 4. The molecule has 116 valence electrons. The third kappa shape index (κ3) is 4.03. The zero-order valence-electron chi connectivity index (χ0n) is 11.6. The van der Waals surface area contributed by atoms with Crippen molar-refractivity contribution in [3.8, 4) is 5.75 Å². The van der Waals surface area contributed by atoms with E-state index < -0.39 is 12.6 Å². The highest BCUT2D eigenvalue weighted by molar-refractivity contribution is 6.16. The number of ether oxygens (including phenoxy) is 1. The SMILES string of the molecule is COc1ccc2c(c1)nc(CCl)n2CCCCC(F)(F)F. The fourth-order valence-electron chi connectivity index (χ4n) is 2.23. The monoisotopic (exact) mass is 320 g/mol. The molecular formula is C14H16ClF3N2O. The van der Waals surface area contributed by atoms with Crippen LogP contribution in [-0.2, 0) is 12.4 Å². The highest BCUT2D eigenvalue weighted by Gasteiger charge is 2.25. The largest absolute Gasteiger partial charge is 0.497 e. The summed E-state index contributed by atoms with van der Waals surface area (Å²) in [6, 6.07) is 5.44. The van der Waals surface area contributed by atoms with Crippen LogP contribution in [-0.4, -0.2) is 22.8 Å². The number of halogens is 4. The molecule has 2 rings (SSSR count). The Labute approximate surface area is 125 Å². The van der Waals surface area contributed by atoms with E-state index >= 15 is 0 Å². The topological polar surface area (TPSA) is 27.1 Å². The second-order valence-electron chi connectivity index (χ2n) is 4.74. The normalized spacial score (nSPS) is 12.0. The van der Waals surface area contributed by atoms with E-state index in [9.17, 15) is 13.2 Å². The zero-order chi connectivity index (χ0) is 15.5. The number of methoxy groups -OCH3 is 1. The van der Waals surface area contributed by atoms with Gasteiger partial charge in [0.1, 0.15) is 11.6 Å². The highest BCUT2D eigenvalue weighted by Crippen LogP contribution is 2.25. The minimum Gasteiger partial charge on any atom is -0.497 e. The summed E-state index contributed by atoms with van der Waals surface area (Å²) in [7, 11) is 1.57. The van der Waals surface area contributed by atoms with E-state index in [1.165, 1.54) is 0 Å². The minimum atomic E-state index is -4.10. The number of fused-ring (bicyclic) bond motifs is 1. The number of aromatic nitrogens is 2. The Hall–Kier alpha value is -1.43. The van der Waals surface area contributed by atoms with Gasteiger partial charge in [-0.15, -0.1) is 11.6 Å². The summed E-state index contributed by atoms with van der Waals surface area (Å²) in [6.45, 7) is 0.473. The number of nitrogens with zero attached hydrogens (tertiary/aromatic N) is 2. The Morgan fingerprint density at radius 3 is 2.67 bits per heavy atom. The van der Waals surface area contributed by atoms with Crippen LogP contribution in [0.15, 0.2) is 18.2 Å². The van der Waals surface area contributed by atoms with E-state index in [2.05, 4.69) is 4.98 Å². The Kier molecular flexibility index (Phi) is 4.98. The lowest BCUT2D eigenvalue weighted by atomic mass is 10.2. The second-order valence-corrected chi connectivity index (χ2v) is 5.01. The smallest absolute Gasteiger partial charge is 0.389 e. The first kappa shape index (κ1) is 15.9. The average Bonchev–Trinajstić information content (AvgIpc) is 2.79. The summed E-state index contributed by atoms with van der Waals surface area (Å²) in [5.41, 5.74) is 1.60. The molecule has 0 spiro atoms. The summed E-state index contributed by atoms with van der Waals surface area (Å²) >= 11 is 5.87. The Balaban J connectivity index is 2.14. The number of hydrogen-bond donors (Lipinski definition) is 0. The third-order valence-corrected chi connectivity index (χ3v) is 3.48. The molecule has 3 nitrogen and oxygen atoms in total. The molecule has 21 heavy (non-hydrogen) atoms. The fraction of sp³-hybridized carbons (Fsp3) is 0.500. The number of hydrogen-bond acceptors (Lipinski definition) is 2. The molecule has 0 saturated carbocycles. The van der Waals surface area contributed by atoms with E-state index in [0.29, 0.717) is 24.5 Å². The number of benzene rings is 1. The maximum atomic E-state index is 12.1. The van der Waals surface area contributed by atoms with Crippen LogP contribution in [0.5, 0.6) is 5.75 Å². The fourth-order valence-corrected chi connectivity index (χ4v) is 2.44. The molecule has 0 radical (unpaired) electrons. The van der Waals surface area contributed by atoms with Gasteiger partial charge in [0.15, 0.2) is 0 Å². The highest BCUT2D eigenvalue weighted by atomic mass is 35.5. The summed E-state index contributed by atoms with van der Waals surface area (Å²) < 4.78 is 43.5. The van der Waals surface area contributed by atoms with Crippen LogP contribution in [0, 0.1) is 0 Å². The molecule has 0 bridgehead atoms. The van der Waals surface area contributed by atoms with Crippen molar-refractivity contribution in [2.24, 2.45) is 0 Å². The van der Waals surface area contributed by atoms with Crippen LogP contribution in [0.3, 0.4) is 0 Å². The lowest BCUT2D eigenvalue weighted by Gasteiger charge is -2.09.